The van der Waals surface area contributed by atoms with E-state index in [0.717, 1.165) is 16.9 Å². The number of piperidine rings is 1. The highest BCUT2D eigenvalue weighted by Crippen LogP contribution is 2.26. The first-order valence-corrected chi connectivity index (χ1v) is 6.49. The highest BCUT2D eigenvalue weighted by Gasteiger charge is 2.26. The van der Waals surface area contributed by atoms with Crippen LogP contribution in [0.1, 0.15) is 12.8 Å². The van der Waals surface area contributed by atoms with Gasteiger partial charge >= 0.3 is 0 Å². The monoisotopic (exact) mass is 263 g/mol. The van der Waals surface area contributed by atoms with Crippen LogP contribution in [0, 0.1) is 5.92 Å². The van der Waals surface area contributed by atoms with Gasteiger partial charge in [0.15, 0.2) is 0 Å². The Balaban J connectivity index is 1.78. The number of alkyl halides is 2. The van der Waals surface area contributed by atoms with E-state index < -0.39 is 12.3 Å². The molecule has 0 amide bonds. The number of fused-ring (bicyclic) bond motifs is 1. The van der Waals surface area contributed by atoms with Crippen molar-refractivity contribution in [3.05, 3.63) is 30.5 Å². The van der Waals surface area contributed by atoms with Crippen LogP contribution in [0.3, 0.4) is 0 Å². The molecule has 5 heteroatoms. The number of para-hydroxylation sites is 2. The lowest BCUT2D eigenvalue weighted by Gasteiger charge is -2.32. The molecule has 1 aliphatic heterocycles. The molecular weight excluding hydrogens is 248 g/mol. The van der Waals surface area contributed by atoms with E-state index in [1.54, 1.807) is 6.20 Å². The molecule has 3 rings (SSSR count). The fourth-order valence-corrected chi connectivity index (χ4v) is 2.48. The second-order valence-corrected chi connectivity index (χ2v) is 4.88. The van der Waals surface area contributed by atoms with Crippen molar-refractivity contribution in [2.45, 2.75) is 19.3 Å². The molecule has 0 saturated carbocycles. The summed E-state index contributed by atoms with van der Waals surface area (Å²) in [6.07, 6.45) is 0.563. The maximum absolute atomic E-state index is 12.6. The molecule has 2 aromatic rings. The van der Waals surface area contributed by atoms with E-state index in [2.05, 4.69) is 9.97 Å². The van der Waals surface area contributed by atoms with Crippen LogP contribution in [0.15, 0.2) is 30.5 Å². The molecule has 19 heavy (non-hydrogen) atoms. The van der Waals surface area contributed by atoms with Gasteiger partial charge in [0, 0.05) is 19.0 Å². The molecule has 1 saturated heterocycles. The van der Waals surface area contributed by atoms with E-state index in [-0.39, 0.29) is 0 Å². The number of hydrogen-bond acceptors (Lipinski definition) is 3. The second-order valence-electron chi connectivity index (χ2n) is 4.88. The van der Waals surface area contributed by atoms with Crippen molar-refractivity contribution in [2.75, 3.05) is 18.0 Å². The van der Waals surface area contributed by atoms with Crippen LogP contribution in [0.5, 0.6) is 0 Å². The van der Waals surface area contributed by atoms with Gasteiger partial charge in [-0.05, 0) is 25.0 Å². The second kappa shape index (κ2) is 5.07. The van der Waals surface area contributed by atoms with E-state index in [1.807, 2.05) is 29.2 Å². The molecule has 0 N–H and O–H groups in total. The number of nitrogens with zero attached hydrogens (tertiary/aromatic N) is 3. The van der Waals surface area contributed by atoms with Crippen LogP contribution in [0.2, 0.25) is 0 Å². The molecule has 0 spiro atoms. The van der Waals surface area contributed by atoms with Crippen LogP contribution in [-0.2, 0) is 0 Å². The molecule has 2 heterocycles. The molecule has 0 atom stereocenters. The summed E-state index contributed by atoms with van der Waals surface area (Å²) in [7, 11) is 0. The standard InChI is InChI=1S/C14H15F2N3/c15-14(16)10-5-7-19(8-6-10)13-9-17-11-3-1-2-4-12(11)18-13/h1-4,9-10,14H,5-8H2. The molecule has 1 fully saturated rings. The third-order valence-corrected chi connectivity index (χ3v) is 3.66. The Bertz CT molecular complexity index is 565. The summed E-state index contributed by atoms with van der Waals surface area (Å²) >= 11 is 0. The van der Waals surface area contributed by atoms with Gasteiger partial charge in [0.1, 0.15) is 5.82 Å². The predicted octanol–water partition coefficient (Wildman–Crippen LogP) is 3.11. The molecule has 0 bridgehead atoms. The topological polar surface area (TPSA) is 29.0 Å². The average Bonchev–Trinajstić information content (AvgIpc) is 2.47. The normalized spacial score (nSPS) is 17.3. The van der Waals surface area contributed by atoms with Gasteiger partial charge in [-0.3, -0.25) is 4.98 Å². The zero-order valence-electron chi connectivity index (χ0n) is 10.5. The van der Waals surface area contributed by atoms with Gasteiger partial charge in [-0.25, -0.2) is 13.8 Å². The van der Waals surface area contributed by atoms with Crippen LogP contribution < -0.4 is 4.90 Å². The fourth-order valence-electron chi connectivity index (χ4n) is 2.48. The molecule has 1 aromatic heterocycles. The van der Waals surface area contributed by atoms with E-state index >= 15 is 0 Å². The van der Waals surface area contributed by atoms with Crippen molar-refractivity contribution in [2.24, 2.45) is 5.92 Å². The zero-order chi connectivity index (χ0) is 13.2. The molecule has 0 radical (unpaired) electrons. The maximum atomic E-state index is 12.6. The molecule has 0 aliphatic carbocycles. The number of halogens is 2. The fraction of sp³-hybridized carbons (Fsp3) is 0.429. The van der Waals surface area contributed by atoms with Crippen LogP contribution >= 0.6 is 0 Å². The number of benzene rings is 1. The Morgan fingerprint density at radius 2 is 1.79 bits per heavy atom. The summed E-state index contributed by atoms with van der Waals surface area (Å²) in [6.45, 7) is 1.25. The number of rotatable bonds is 2. The van der Waals surface area contributed by atoms with Crippen molar-refractivity contribution in [3.63, 3.8) is 0 Å². The van der Waals surface area contributed by atoms with Gasteiger partial charge in [0.2, 0.25) is 6.43 Å². The lowest BCUT2D eigenvalue weighted by molar-refractivity contribution is 0.0635. The smallest absolute Gasteiger partial charge is 0.241 e. The third-order valence-electron chi connectivity index (χ3n) is 3.66. The minimum absolute atomic E-state index is 0.468. The van der Waals surface area contributed by atoms with Crippen molar-refractivity contribution in [1.82, 2.24) is 9.97 Å². The first-order chi connectivity index (χ1) is 9.24. The Labute approximate surface area is 110 Å². The first kappa shape index (κ1) is 12.3. The van der Waals surface area contributed by atoms with Crippen molar-refractivity contribution in [1.29, 1.82) is 0 Å². The van der Waals surface area contributed by atoms with Gasteiger partial charge in [-0.15, -0.1) is 0 Å². The summed E-state index contributed by atoms with van der Waals surface area (Å²) in [5, 5.41) is 0. The van der Waals surface area contributed by atoms with E-state index in [0.29, 0.717) is 25.9 Å². The highest BCUT2D eigenvalue weighted by atomic mass is 19.3. The predicted molar refractivity (Wildman–Crippen MR) is 70.5 cm³/mol. The SMILES string of the molecule is FC(F)C1CCN(c2cnc3ccccc3n2)CC1. The van der Waals surface area contributed by atoms with Crippen LogP contribution in [0.25, 0.3) is 11.0 Å². The summed E-state index contributed by atoms with van der Waals surface area (Å²) in [5.41, 5.74) is 1.70. The summed E-state index contributed by atoms with van der Waals surface area (Å²) in [6, 6.07) is 7.67. The molecular formula is C14H15F2N3. The molecule has 1 aliphatic rings. The van der Waals surface area contributed by atoms with Crippen molar-refractivity contribution >= 4 is 16.9 Å². The highest BCUT2D eigenvalue weighted by molar-refractivity contribution is 5.75. The molecule has 100 valence electrons. The molecule has 1 aromatic carbocycles. The van der Waals surface area contributed by atoms with E-state index in [1.165, 1.54) is 0 Å². The van der Waals surface area contributed by atoms with Crippen molar-refractivity contribution in [3.8, 4) is 0 Å². The third kappa shape index (κ3) is 2.50. The average molecular weight is 263 g/mol. The van der Waals surface area contributed by atoms with E-state index in [4.69, 9.17) is 0 Å². The summed E-state index contributed by atoms with van der Waals surface area (Å²) < 4.78 is 25.2. The van der Waals surface area contributed by atoms with E-state index in [9.17, 15) is 8.78 Å². The van der Waals surface area contributed by atoms with Gasteiger partial charge < -0.3 is 4.90 Å². The van der Waals surface area contributed by atoms with Crippen molar-refractivity contribution < 1.29 is 8.78 Å². The lowest BCUT2D eigenvalue weighted by atomic mass is 9.97. The van der Waals surface area contributed by atoms with Gasteiger partial charge in [-0.1, -0.05) is 12.1 Å². The number of hydrogen-bond donors (Lipinski definition) is 0. The Kier molecular flexibility index (Phi) is 3.27. The Morgan fingerprint density at radius 1 is 1.11 bits per heavy atom. The Hall–Kier alpha value is -1.78. The van der Waals surface area contributed by atoms with Crippen LogP contribution in [-0.4, -0.2) is 29.5 Å². The largest absolute Gasteiger partial charge is 0.355 e. The van der Waals surface area contributed by atoms with Gasteiger partial charge in [0.25, 0.3) is 0 Å². The quantitative estimate of drug-likeness (QED) is 0.833. The molecule has 3 nitrogen and oxygen atoms in total. The first-order valence-electron chi connectivity index (χ1n) is 6.49. The number of anilines is 1. The summed E-state index contributed by atoms with van der Waals surface area (Å²) in [5.74, 6) is 0.316. The Morgan fingerprint density at radius 3 is 2.47 bits per heavy atom. The lowest BCUT2D eigenvalue weighted by Crippen LogP contribution is -2.36. The van der Waals surface area contributed by atoms with Gasteiger partial charge in [0.05, 0.1) is 17.2 Å². The number of aromatic nitrogens is 2. The summed E-state index contributed by atoms with van der Waals surface area (Å²) in [4.78, 5) is 10.9. The minimum atomic E-state index is -2.20. The maximum Gasteiger partial charge on any atom is 0.241 e. The molecule has 0 unspecified atom stereocenters. The zero-order valence-corrected chi connectivity index (χ0v) is 10.5. The van der Waals surface area contributed by atoms with Crippen LogP contribution in [0.4, 0.5) is 14.6 Å². The van der Waals surface area contributed by atoms with Gasteiger partial charge in [-0.2, -0.15) is 0 Å². The minimum Gasteiger partial charge on any atom is -0.355 e.